The fourth-order valence-electron chi connectivity index (χ4n) is 2.90. The molecule has 0 fully saturated rings. The van der Waals surface area contributed by atoms with Crippen molar-refractivity contribution in [2.45, 2.75) is 45.6 Å². The molecule has 5 heteroatoms. The number of benzene rings is 1. The Morgan fingerprint density at radius 2 is 2.26 bits per heavy atom. The van der Waals surface area contributed by atoms with Crippen LogP contribution in [0.25, 0.3) is 0 Å². The van der Waals surface area contributed by atoms with E-state index in [1.54, 1.807) is 0 Å². The molecular formula is C18H23N3O2. The van der Waals surface area contributed by atoms with Crippen LogP contribution in [0.4, 0.5) is 5.69 Å². The van der Waals surface area contributed by atoms with Crippen LogP contribution in [0, 0.1) is 0 Å². The van der Waals surface area contributed by atoms with Gasteiger partial charge in [-0.05, 0) is 30.5 Å². The van der Waals surface area contributed by atoms with E-state index in [0.29, 0.717) is 13.0 Å². The second-order valence-corrected chi connectivity index (χ2v) is 5.89. The molecule has 0 radical (unpaired) electrons. The predicted molar refractivity (Wildman–Crippen MR) is 89.8 cm³/mol. The summed E-state index contributed by atoms with van der Waals surface area (Å²) in [7, 11) is 0. The lowest BCUT2D eigenvalue weighted by Gasteiger charge is -2.25. The number of nitrogens with one attached hydrogen (secondary N) is 1. The van der Waals surface area contributed by atoms with Gasteiger partial charge in [-0.2, -0.15) is 5.10 Å². The minimum atomic E-state index is 0.0393. The average molecular weight is 313 g/mol. The highest BCUT2D eigenvalue weighted by Gasteiger charge is 2.27. The van der Waals surface area contributed by atoms with E-state index in [4.69, 9.17) is 4.74 Å². The van der Waals surface area contributed by atoms with Crippen molar-refractivity contribution in [3.8, 4) is 5.75 Å². The van der Waals surface area contributed by atoms with Crippen molar-refractivity contribution in [3.05, 3.63) is 41.7 Å². The maximum absolute atomic E-state index is 12.1. The van der Waals surface area contributed by atoms with E-state index in [1.165, 1.54) is 0 Å². The summed E-state index contributed by atoms with van der Waals surface area (Å²) in [6.07, 6.45) is 6.48. The number of carbonyl (C=O) groups is 1. The predicted octanol–water partition coefficient (Wildman–Crippen LogP) is 3.56. The third kappa shape index (κ3) is 3.38. The van der Waals surface area contributed by atoms with Crippen LogP contribution in [-0.2, 0) is 11.3 Å². The van der Waals surface area contributed by atoms with Gasteiger partial charge in [0, 0.05) is 36.8 Å². The Morgan fingerprint density at radius 1 is 1.39 bits per heavy atom. The van der Waals surface area contributed by atoms with Crippen LogP contribution in [0.2, 0.25) is 0 Å². The van der Waals surface area contributed by atoms with Crippen LogP contribution < -0.4 is 10.1 Å². The number of fused-ring (bicyclic) bond motifs is 1. The first-order chi connectivity index (χ1) is 11.2. The van der Waals surface area contributed by atoms with Gasteiger partial charge in [0.25, 0.3) is 0 Å². The molecule has 1 aliphatic rings. The summed E-state index contributed by atoms with van der Waals surface area (Å²) in [5, 5.41) is 7.30. The Labute approximate surface area is 136 Å². The lowest BCUT2D eigenvalue weighted by molar-refractivity contribution is -0.116. The Bertz CT molecular complexity index is 693. The van der Waals surface area contributed by atoms with E-state index in [1.807, 2.05) is 29.2 Å². The van der Waals surface area contributed by atoms with E-state index in [0.717, 1.165) is 42.0 Å². The number of anilines is 1. The maximum atomic E-state index is 12.1. The van der Waals surface area contributed by atoms with E-state index in [9.17, 15) is 4.79 Å². The second kappa shape index (κ2) is 6.86. The summed E-state index contributed by atoms with van der Waals surface area (Å²) in [4.78, 5) is 12.1. The molecule has 1 amide bonds. The lowest BCUT2D eigenvalue weighted by Crippen LogP contribution is -2.23. The maximum Gasteiger partial charge on any atom is 0.225 e. The van der Waals surface area contributed by atoms with Crippen molar-refractivity contribution in [2.24, 2.45) is 0 Å². The summed E-state index contributed by atoms with van der Waals surface area (Å²) in [6, 6.07) is 5.98. The molecule has 122 valence electrons. The molecule has 3 rings (SSSR count). The number of amides is 1. The Morgan fingerprint density at radius 3 is 3.00 bits per heavy atom. The summed E-state index contributed by atoms with van der Waals surface area (Å²) in [5.41, 5.74) is 3.06. The zero-order valence-electron chi connectivity index (χ0n) is 13.7. The zero-order chi connectivity index (χ0) is 16.2. The fourth-order valence-corrected chi connectivity index (χ4v) is 2.90. The molecule has 2 heterocycles. The second-order valence-electron chi connectivity index (χ2n) is 5.89. The molecule has 0 aliphatic carbocycles. The smallest absolute Gasteiger partial charge is 0.225 e. The van der Waals surface area contributed by atoms with Gasteiger partial charge in [-0.15, -0.1) is 0 Å². The molecule has 0 saturated carbocycles. The first-order valence-corrected chi connectivity index (χ1v) is 8.30. The molecule has 1 aromatic heterocycles. The van der Waals surface area contributed by atoms with Crippen molar-refractivity contribution < 1.29 is 9.53 Å². The summed E-state index contributed by atoms with van der Waals surface area (Å²) in [5.74, 6) is 0.906. The summed E-state index contributed by atoms with van der Waals surface area (Å²) in [6.45, 7) is 5.72. The number of carbonyl (C=O) groups excluding carboxylic acids is 1. The number of ether oxygens (including phenoxy) is 1. The Kier molecular flexibility index (Phi) is 4.65. The Hall–Kier alpha value is -2.30. The van der Waals surface area contributed by atoms with Gasteiger partial charge >= 0.3 is 0 Å². The number of unbranched alkanes of at least 4 members (excludes halogenated alkanes) is 1. The van der Waals surface area contributed by atoms with Gasteiger partial charge in [-0.3, -0.25) is 9.48 Å². The molecule has 2 aromatic rings. The number of hydrogen-bond acceptors (Lipinski definition) is 3. The van der Waals surface area contributed by atoms with E-state index in [-0.39, 0.29) is 11.8 Å². The monoisotopic (exact) mass is 313 g/mol. The molecule has 0 spiro atoms. The molecule has 0 bridgehead atoms. The highest BCUT2D eigenvalue weighted by Crippen LogP contribution is 2.38. The molecule has 1 atom stereocenters. The highest BCUT2D eigenvalue weighted by atomic mass is 16.5. The van der Waals surface area contributed by atoms with Gasteiger partial charge in [0.15, 0.2) is 0 Å². The molecular weight excluding hydrogens is 290 g/mol. The van der Waals surface area contributed by atoms with E-state index >= 15 is 0 Å². The molecule has 1 N–H and O–H groups in total. The molecule has 1 aromatic carbocycles. The van der Waals surface area contributed by atoms with Gasteiger partial charge in [-0.1, -0.05) is 19.4 Å². The largest absolute Gasteiger partial charge is 0.494 e. The minimum Gasteiger partial charge on any atom is -0.494 e. The average Bonchev–Trinajstić information content (AvgIpc) is 3.03. The summed E-state index contributed by atoms with van der Waals surface area (Å²) >= 11 is 0. The first-order valence-electron chi connectivity index (χ1n) is 8.30. The third-order valence-electron chi connectivity index (χ3n) is 4.21. The van der Waals surface area contributed by atoms with Crippen molar-refractivity contribution in [2.75, 3.05) is 11.9 Å². The van der Waals surface area contributed by atoms with Gasteiger partial charge in [-0.25, -0.2) is 0 Å². The van der Waals surface area contributed by atoms with Crippen LogP contribution in [0.1, 0.15) is 50.2 Å². The SMILES string of the molecule is CCCCOc1ccc2c(c1)NC(=O)CC2c1cnn(CC)c1. The number of hydrogen-bond donors (Lipinski definition) is 1. The minimum absolute atomic E-state index is 0.0393. The van der Waals surface area contributed by atoms with Crippen LogP contribution in [0.15, 0.2) is 30.6 Å². The Balaban J connectivity index is 1.87. The van der Waals surface area contributed by atoms with Crippen LogP contribution in [0.5, 0.6) is 5.75 Å². The molecule has 1 unspecified atom stereocenters. The quantitative estimate of drug-likeness (QED) is 0.830. The molecule has 0 saturated heterocycles. The van der Waals surface area contributed by atoms with Crippen LogP contribution in [0.3, 0.4) is 0 Å². The number of rotatable bonds is 6. The number of aromatic nitrogens is 2. The zero-order valence-corrected chi connectivity index (χ0v) is 13.7. The van der Waals surface area contributed by atoms with Crippen molar-refractivity contribution in [1.82, 2.24) is 9.78 Å². The van der Waals surface area contributed by atoms with Crippen molar-refractivity contribution in [1.29, 1.82) is 0 Å². The normalized spacial score (nSPS) is 16.8. The van der Waals surface area contributed by atoms with Crippen LogP contribution >= 0.6 is 0 Å². The van der Waals surface area contributed by atoms with Crippen LogP contribution in [-0.4, -0.2) is 22.3 Å². The standard InChI is InChI=1S/C18H23N3O2/c1-3-5-8-23-14-6-7-15-16(10-18(22)20-17(15)9-14)13-11-19-21(4-2)12-13/h6-7,9,11-12,16H,3-5,8,10H2,1-2H3,(H,20,22). The third-order valence-corrected chi connectivity index (χ3v) is 4.21. The van der Waals surface area contributed by atoms with E-state index < -0.39 is 0 Å². The summed E-state index contributed by atoms with van der Waals surface area (Å²) < 4.78 is 7.64. The topological polar surface area (TPSA) is 56.1 Å². The molecule has 1 aliphatic heterocycles. The van der Waals surface area contributed by atoms with E-state index in [2.05, 4.69) is 30.3 Å². The van der Waals surface area contributed by atoms with Gasteiger partial charge in [0.2, 0.25) is 5.91 Å². The van der Waals surface area contributed by atoms with Gasteiger partial charge in [0.05, 0.1) is 12.8 Å². The first kappa shape index (κ1) is 15.6. The highest BCUT2D eigenvalue weighted by molar-refractivity contribution is 5.95. The van der Waals surface area contributed by atoms with Crippen molar-refractivity contribution >= 4 is 11.6 Å². The number of aryl methyl sites for hydroxylation is 1. The fraction of sp³-hybridized carbons (Fsp3) is 0.444. The molecule has 23 heavy (non-hydrogen) atoms. The van der Waals surface area contributed by atoms with Gasteiger partial charge in [0.1, 0.15) is 5.75 Å². The number of nitrogens with zero attached hydrogens (tertiary/aromatic N) is 2. The van der Waals surface area contributed by atoms with Gasteiger partial charge < -0.3 is 10.1 Å². The lowest BCUT2D eigenvalue weighted by atomic mass is 9.86. The van der Waals surface area contributed by atoms with Crippen molar-refractivity contribution in [3.63, 3.8) is 0 Å². The molecule has 5 nitrogen and oxygen atoms in total.